The van der Waals surface area contributed by atoms with Gasteiger partial charge in [0.05, 0.1) is 13.2 Å². The highest BCUT2D eigenvalue weighted by Gasteiger charge is 2.05. The third-order valence-corrected chi connectivity index (χ3v) is 2.09. The van der Waals surface area contributed by atoms with Crippen LogP contribution in [0.4, 0.5) is 0 Å². The van der Waals surface area contributed by atoms with Gasteiger partial charge in [0.2, 0.25) is 0 Å². The van der Waals surface area contributed by atoms with Gasteiger partial charge in [0.25, 0.3) is 0 Å². The van der Waals surface area contributed by atoms with Crippen molar-refractivity contribution in [3.63, 3.8) is 0 Å². The maximum Gasteiger partial charge on any atom is 0.395 e. The Balaban J connectivity index is 0.000000631. The molecule has 0 heterocycles. The summed E-state index contributed by atoms with van der Waals surface area (Å²) in [6.45, 7) is -0.250. The van der Waals surface area contributed by atoms with E-state index in [-0.39, 0.29) is 19.6 Å². The molecule has 0 fully saturated rings. The van der Waals surface area contributed by atoms with E-state index in [4.69, 9.17) is 19.8 Å². The van der Waals surface area contributed by atoms with Crippen LogP contribution in [0.15, 0.2) is 24.3 Å². The maximum absolute atomic E-state index is 10.3. The maximum atomic E-state index is 10.3. The topological polar surface area (TPSA) is 104 Å². The molecule has 0 amide bonds. The van der Waals surface area contributed by atoms with Crippen molar-refractivity contribution in [3.05, 3.63) is 29.8 Å². The van der Waals surface area contributed by atoms with Crippen LogP contribution in [-0.2, 0) is 15.8 Å². The Morgan fingerprint density at radius 3 is 2.33 bits per heavy atom. The van der Waals surface area contributed by atoms with Gasteiger partial charge in [0, 0.05) is 6.42 Å². The molecule has 0 aliphatic carbocycles. The third kappa shape index (κ3) is 7.73. The van der Waals surface area contributed by atoms with Gasteiger partial charge in [-0.15, -0.1) is 0 Å². The van der Waals surface area contributed by atoms with Gasteiger partial charge in [-0.05, 0) is 18.1 Å². The molecule has 100 valence electrons. The van der Waals surface area contributed by atoms with Crippen LogP contribution in [0.25, 0.3) is 0 Å². The molecule has 0 atom stereocenters. The number of rotatable bonds is 6. The van der Waals surface area contributed by atoms with Gasteiger partial charge < -0.3 is 19.8 Å². The third-order valence-electron chi connectivity index (χ3n) is 1.82. The van der Waals surface area contributed by atoms with Crippen molar-refractivity contribution in [2.24, 2.45) is 0 Å². The summed E-state index contributed by atoms with van der Waals surface area (Å²) in [5.74, 6) is -0.398. The molecule has 18 heavy (non-hydrogen) atoms. The predicted molar refractivity (Wildman–Crippen MR) is 64.8 cm³/mol. The summed E-state index contributed by atoms with van der Waals surface area (Å²) in [6.07, 6.45) is 0.414. The monoisotopic (exact) mass is 274 g/mol. The van der Waals surface area contributed by atoms with E-state index in [1.54, 1.807) is 24.3 Å². The van der Waals surface area contributed by atoms with E-state index < -0.39 is 14.7 Å². The zero-order valence-corrected chi connectivity index (χ0v) is 10.5. The van der Waals surface area contributed by atoms with Crippen molar-refractivity contribution in [3.8, 4) is 5.75 Å². The number of benzene rings is 1. The summed E-state index contributed by atoms with van der Waals surface area (Å²) in [6, 6.07) is 6.93. The molecule has 0 bridgehead atoms. The standard InChI is InChI=1S/C9H9O4P.C2H6O2/c10-9(11)6-5-7-3-1-2-4-8(7)13-14-12;3-1-2-4/h1-4H,5-6H2,(H,10,11);3-4H,1-2H2. The van der Waals surface area contributed by atoms with Crippen LogP contribution in [0.5, 0.6) is 5.75 Å². The molecular formula is C11H15O6P. The molecule has 6 nitrogen and oxygen atoms in total. The molecule has 0 radical (unpaired) electrons. The van der Waals surface area contributed by atoms with E-state index in [9.17, 15) is 9.36 Å². The van der Waals surface area contributed by atoms with Gasteiger partial charge in [-0.3, -0.25) is 4.79 Å². The number of aliphatic carboxylic acids is 1. The lowest BCUT2D eigenvalue weighted by molar-refractivity contribution is -0.136. The number of carbonyl (C=O) groups is 1. The second-order valence-electron chi connectivity index (χ2n) is 3.11. The highest BCUT2D eigenvalue weighted by Crippen LogP contribution is 2.22. The lowest BCUT2D eigenvalue weighted by Gasteiger charge is -2.03. The lowest BCUT2D eigenvalue weighted by Crippen LogP contribution is -1.98. The van der Waals surface area contributed by atoms with E-state index in [0.717, 1.165) is 5.56 Å². The fraction of sp³-hybridized carbons (Fsp3) is 0.364. The number of para-hydroxylation sites is 1. The first-order chi connectivity index (χ1) is 8.65. The zero-order chi connectivity index (χ0) is 13.8. The number of carboxylic acid groups (broad SMARTS) is 1. The van der Waals surface area contributed by atoms with Gasteiger partial charge >= 0.3 is 14.7 Å². The summed E-state index contributed by atoms with van der Waals surface area (Å²) >= 11 is 0. The van der Waals surface area contributed by atoms with E-state index in [2.05, 4.69) is 0 Å². The Hall–Kier alpha value is -1.49. The average Bonchev–Trinajstić information content (AvgIpc) is 2.38. The minimum Gasteiger partial charge on any atom is -0.481 e. The molecule has 1 rings (SSSR count). The van der Waals surface area contributed by atoms with E-state index in [1.807, 2.05) is 0 Å². The van der Waals surface area contributed by atoms with Crippen LogP contribution < -0.4 is 4.52 Å². The first-order valence-corrected chi connectivity index (χ1v) is 5.89. The van der Waals surface area contributed by atoms with E-state index >= 15 is 0 Å². The van der Waals surface area contributed by atoms with E-state index in [0.29, 0.717) is 12.2 Å². The minimum absolute atomic E-state index is 0.0378. The number of hydrogen-bond acceptors (Lipinski definition) is 5. The quantitative estimate of drug-likeness (QED) is 0.675. The van der Waals surface area contributed by atoms with Crippen molar-refractivity contribution in [2.45, 2.75) is 12.8 Å². The fourth-order valence-corrected chi connectivity index (χ4v) is 1.34. The van der Waals surface area contributed by atoms with Gasteiger partial charge in [-0.25, -0.2) is 4.57 Å². The van der Waals surface area contributed by atoms with Crippen molar-refractivity contribution in [1.82, 2.24) is 0 Å². The normalized spacial score (nSPS) is 9.44. The molecule has 0 aromatic heterocycles. The summed E-state index contributed by atoms with van der Waals surface area (Å²) in [7, 11) is -0.431. The number of hydrogen-bond donors (Lipinski definition) is 3. The Morgan fingerprint density at radius 2 is 1.83 bits per heavy atom. The zero-order valence-electron chi connectivity index (χ0n) is 9.65. The van der Waals surface area contributed by atoms with Crippen LogP contribution in [0.2, 0.25) is 0 Å². The largest absolute Gasteiger partial charge is 0.481 e. The Bertz CT molecular complexity index is 366. The highest BCUT2D eigenvalue weighted by atomic mass is 31.1. The van der Waals surface area contributed by atoms with Crippen molar-refractivity contribution >= 4 is 14.7 Å². The molecule has 0 saturated carbocycles. The number of aliphatic hydroxyl groups is 2. The summed E-state index contributed by atoms with van der Waals surface area (Å²) in [4.78, 5) is 10.3. The van der Waals surface area contributed by atoms with Crippen LogP contribution in [0.3, 0.4) is 0 Å². The summed E-state index contributed by atoms with van der Waals surface area (Å²) in [5.41, 5.74) is 0.748. The van der Waals surface area contributed by atoms with E-state index in [1.165, 1.54) is 0 Å². The van der Waals surface area contributed by atoms with Crippen LogP contribution in [0.1, 0.15) is 12.0 Å². The lowest BCUT2D eigenvalue weighted by atomic mass is 10.1. The molecule has 1 aromatic carbocycles. The molecule has 7 heteroatoms. The Labute approximate surface area is 106 Å². The second kappa shape index (κ2) is 10.7. The fourth-order valence-electron chi connectivity index (χ4n) is 1.08. The molecule has 0 spiro atoms. The molecular weight excluding hydrogens is 259 g/mol. The summed E-state index contributed by atoms with van der Waals surface area (Å²) in [5, 5.41) is 23.7. The van der Waals surface area contributed by atoms with Gasteiger partial charge in [0.1, 0.15) is 5.75 Å². The number of aryl methyl sites for hydroxylation is 1. The summed E-state index contributed by atoms with van der Waals surface area (Å²) < 4.78 is 15.0. The smallest absolute Gasteiger partial charge is 0.395 e. The van der Waals surface area contributed by atoms with Crippen molar-refractivity contribution in [2.75, 3.05) is 13.2 Å². The Kier molecular flexibility index (Phi) is 9.77. The van der Waals surface area contributed by atoms with Crippen LogP contribution in [0, 0.1) is 0 Å². The SMILES string of the molecule is O=POc1ccccc1CCC(=O)O.OCCO. The van der Waals surface area contributed by atoms with Crippen molar-refractivity contribution in [1.29, 1.82) is 0 Å². The van der Waals surface area contributed by atoms with Gasteiger partial charge in [-0.2, -0.15) is 0 Å². The van der Waals surface area contributed by atoms with Crippen LogP contribution >= 0.6 is 8.69 Å². The van der Waals surface area contributed by atoms with Crippen LogP contribution in [-0.4, -0.2) is 34.5 Å². The first kappa shape index (κ1) is 16.5. The number of aliphatic hydroxyl groups excluding tert-OH is 2. The molecule has 0 unspecified atom stereocenters. The molecule has 0 aliphatic heterocycles. The second-order valence-corrected chi connectivity index (χ2v) is 3.45. The molecule has 0 saturated heterocycles. The predicted octanol–water partition coefficient (Wildman–Crippen LogP) is 1.26. The highest BCUT2D eigenvalue weighted by molar-refractivity contribution is 7.17. The molecule has 0 aliphatic rings. The molecule has 1 aromatic rings. The average molecular weight is 274 g/mol. The molecule has 3 N–H and O–H groups in total. The first-order valence-electron chi connectivity index (χ1n) is 5.16. The van der Waals surface area contributed by atoms with Gasteiger partial charge in [0.15, 0.2) is 0 Å². The van der Waals surface area contributed by atoms with Crippen molar-refractivity contribution < 1.29 is 29.2 Å². The minimum atomic E-state index is -0.862. The number of carboxylic acids is 1. The Morgan fingerprint density at radius 1 is 1.22 bits per heavy atom. The van der Waals surface area contributed by atoms with Gasteiger partial charge in [-0.1, -0.05) is 18.2 Å².